The second-order valence-corrected chi connectivity index (χ2v) is 5.25. The maximum atomic E-state index is 12.0. The van der Waals surface area contributed by atoms with Crippen molar-refractivity contribution in [2.24, 2.45) is 0 Å². The van der Waals surface area contributed by atoms with Gasteiger partial charge in [0.2, 0.25) is 11.8 Å². The first kappa shape index (κ1) is 14.5. The van der Waals surface area contributed by atoms with Crippen LogP contribution in [-0.2, 0) is 9.59 Å². The molecular formula is C15H21N3O2. The minimum atomic E-state index is -0.183. The quantitative estimate of drug-likeness (QED) is 0.919. The number of carbonyl (C=O) groups is 2. The Morgan fingerprint density at radius 3 is 2.95 bits per heavy atom. The van der Waals surface area contributed by atoms with Gasteiger partial charge in [-0.25, -0.2) is 4.98 Å². The van der Waals surface area contributed by atoms with Crippen LogP contribution in [0.3, 0.4) is 0 Å². The molecule has 0 bridgehead atoms. The van der Waals surface area contributed by atoms with Gasteiger partial charge in [0, 0.05) is 19.2 Å². The summed E-state index contributed by atoms with van der Waals surface area (Å²) in [5.74, 6) is 0.434. The second-order valence-electron chi connectivity index (χ2n) is 5.25. The summed E-state index contributed by atoms with van der Waals surface area (Å²) in [6.45, 7) is 2.74. The first-order chi connectivity index (χ1) is 9.65. The van der Waals surface area contributed by atoms with E-state index in [4.69, 9.17) is 0 Å². The highest BCUT2D eigenvalue weighted by Gasteiger charge is 2.18. The molecule has 2 rings (SSSR count). The Balaban J connectivity index is 1.90. The first-order valence-electron chi connectivity index (χ1n) is 7.15. The van der Waals surface area contributed by atoms with Crippen molar-refractivity contribution in [1.29, 1.82) is 0 Å². The van der Waals surface area contributed by atoms with Gasteiger partial charge in [-0.2, -0.15) is 0 Å². The molecule has 5 nitrogen and oxygen atoms in total. The lowest BCUT2D eigenvalue weighted by atomic mass is 10.1. The summed E-state index contributed by atoms with van der Waals surface area (Å²) < 4.78 is 0. The predicted octanol–water partition coefficient (Wildman–Crippen LogP) is 2.12. The van der Waals surface area contributed by atoms with Crippen LogP contribution in [0.1, 0.15) is 37.7 Å². The van der Waals surface area contributed by atoms with Crippen molar-refractivity contribution in [3.05, 3.63) is 23.9 Å². The fraction of sp³-hybridized carbons (Fsp3) is 0.533. The standard InChI is InChI=1S/C15H21N3O2/c1-12-7-8-16-13(10-12)17-14(19)11-18-9-5-3-2-4-6-15(18)20/h7-8,10H,2-6,9,11H2,1H3,(H,16,17,19). The molecule has 1 fully saturated rings. The van der Waals surface area contributed by atoms with Crippen molar-refractivity contribution in [1.82, 2.24) is 9.88 Å². The van der Waals surface area contributed by atoms with Crippen molar-refractivity contribution >= 4 is 17.6 Å². The molecule has 1 aromatic rings. The molecule has 1 aliphatic heterocycles. The number of aryl methyl sites for hydroxylation is 1. The normalized spacial score (nSPS) is 16.4. The number of aromatic nitrogens is 1. The lowest BCUT2D eigenvalue weighted by molar-refractivity contribution is -0.135. The van der Waals surface area contributed by atoms with Gasteiger partial charge in [0.25, 0.3) is 0 Å². The van der Waals surface area contributed by atoms with E-state index >= 15 is 0 Å². The summed E-state index contributed by atoms with van der Waals surface area (Å²) >= 11 is 0. The van der Waals surface area contributed by atoms with E-state index in [-0.39, 0.29) is 18.4 Å². The summed E-state index contributed by atoms with van der Waals surface area (Å²) in [4.78, 5) is 29.7. The van der Waals surface area contributed by atoms with Crippen molar-refractivity contribution in [3.8, 4) is 0 Å². The fourth-order valence-electron chi connectivity index (χ4n) is 2.34. The zero-order valence-electron chi connectivity index (χ0n) is 11.9. The molecule has 0 atom stereocenters. The molecule has 0 unspecified atom stereocenters. The topological polar surface area (TPSA) is 62.3 Å². The molecule has 108 valence electrons. The van der Waals surface area contributed by atoms with E-state index in [0.717, 1.165) is 31.2 Å². The molecule has 0 aromatic carbocycles. The van der Waals surface area contributed by atoms with Gasteiger partial charge < -0.3 is 10.2 Å². The second kappa shape index (κ2) is 7.03. The van der Waals surface area contributed by atoms with Crippen LogP contribution < -0.4 is 5.32 Å². The number of nitrogens with zero attached hydrogens (tertiary/aromatic N) is 2. The van der Waals surface area contributed by atoms with Crippen LogP contribution in [0.5, 0.6) is 0 Å². The van der Waals surface area contributed by atoms with Gasteiger partial charge in [-0.1, -0.05) is 12.8 Å². The van der Waals surface area contributed by atoms with Gasteiger partial charge in [0.15, 0.2) is 0 Å². The van der Waals surface area contributed by atoms with Crippen LogP contribution in [0.25, 0.3) is 0 Å². The van der Waals surface area contributed by atoms with Gasteiger partial charge in [0.1, 0.15) is 5.82 Å². The van der Waals surface area contributed by atoms with E-state index in [1.165, 1.54) is 0 Å². The fourth-order valence-corrected chi connectivity index (χ4v) is 2.34. The zero-order chi connectivity index (χ0) is 14.4. The van der Waals surface area contributed by atoms with E-state index in [1.54, 1.807) is 11.1 Å². The molecule has 2 amide bonds. The zero-order valence-corrected chi connectivity index (χ0v) is 11.9. The van der Waals surface area contributed by atoms with Crippen LogP contribution in [0.15, 0.2) is 18.3 Å². The molecular weight excluding hydrogens is 254 g/mol. The van der Waals surface area contributed by atoms with Crippen LogP contribution in [-0.4, -0.2) is 34.8 Å². The highest BCUT2D eigenvalue weighted by atomic mass is 16.2. The largest absolute Gasteiger partial charge is 0.333 e. The molecule has 2 heterocycles. The Kier molecular flexibility index (Phi) is 5.09. The molecule has 1 aromatic heterocycles. The first-order valence-corrected chi connectivity index (χ1v) is 7.15. The number of amides is 2. The number of nitrogens with one attached hydrogen (secondary N) is 1. The van der Waals surface area contributed by atoms with E-state index in [0.29, 0.717) is 18.8 Å². The average Bonchev–Trinajstić information content (AvgIpc) is 2.38. The van der Waals surface area contributed by atoms with E-state index in [1.807, 2.05) is 19.1 Å². The molecule has 1 N–H and O–H groups in total. The molecule has 0 saturated carbocycles. The van der Waals surface area contributed by atoms with Crippen molar-refractivity contribution in [3.63, 3.8) is 0 Å². The molecule has 1 aliphatic rings. The van der Waals surface area contributed by atoms with Gasteiger partial charge in [-0.15, -0.1) is 0 Å². The van der Waals surface area contributed by atoms with Crippen LogP contribution >= 0.6 is 0 Å². The smallest absolute Gasteiger partial charge is 0.245 e. The maximum absolute atomic E-state index is 12.0. The van der Waals surface area contributed by atoms with Gasteiger partial charge in [-0.05, 0) is 37.5 Å². The summed E-state index contributed by atoms with van der Waals surface area (Å²) in [6.07, 6.45) is 6.35. The minimum Gasteiger partial charge on any atom is -0.333 e. The Hall–Kier alpha value is -1.91. The number of pyridine rings is 1. The van der Waals surface area contributed by atoms with Gasteiger partial charge in [-0.3, -0.25) is 9.59 Å². The van der Waals surface area contributed by atoms with Crippen molar-refractivity contribution in [2.45, 2.75) is 39.0 Å². The Bertz CT molecular complexity index is 488. The Labute approximate surface area is 119 Å². The molecule has 0 spiro atoms. The highest BCUT2D eigenvalue weighted by Crippen LogP contribution is 2.12. The molecule has 1 saturated heterocycles. The maximum Gasteiger partial charge on any atom is 0.245 e. The average molecular weight is 275 g/mol. The third-order valence-electron chi connectivity index (χ3n) is 3.44. The number of rotatable bonds is 3. The van der Waals surface area contributed by atoms with Crippen LogP contribution in [0, 0.1) is 6.92 Å². The SMILES string of the molecule is Cc1ccnc(NC(=O)CN2CCCCCCC2=O)c1. The van der Waals surface area contributed by atoms with E-state index < -0.39 is 0 Å². The monoisotopic (exact) mass is 275 g/mol. The molecule has 0 radical (unpaired) electrons. The van der Waals surface area contributed by atoms with E-state index in [9.17, 15) is 9.59 Å². The summed E-state index contributed by atoms with van der Waals surface area (Å²) in [5.41, 5.74) is 1.04. The van der Waals surface area contributed by atoms with Crippen LogP contribution in [0.4, 0.5) is 5.82 Å². The third kappa shape index (κ3) is 4.33. The summed E-state index contributed by atoms with van der Waals surface area (Å²) in [7, 11) is 0. The molecule has 5 heteroatoms. The summed E-state index contributed by atoms with van der Waals surface area (Å²) in [6, 6.07) is 3.69. The lowest BCUT2D eigenvalue weighted by Gasteiger charge is -2.24. The number of hydrogen-bond acceptors (Lipinski definition) is 3. The van der Waals surface area contributed by atoms with Gasteiger partial charge >= 0.3 is 0 Å². The van der Waals surface area contributed by atoms with Crippen LogP contribution in [0.2, 0.25) is 0 Å². The summed E-state index contributed by atoms with van der Waals surface area (Å²) in [5, 5.41) is 2.74. The van der Waals surface area contributed by atoms with Crippen molar-refractivity contribution in [2.75, 3.05) is 18.4 Å². The lowest BCUT2D eigenvalue weighted by Crippen LogP contribution is -2.39. The minimum absolute atomic E-state index is 0.0806. The Morgan fingerprint density at radius 1 is 1.35 bits per heavy atom. The van der Waals surface area contributed by atoms with Gasteiger partial charge in [0.05, 0.1) is 6.54 Å². The predicted molar refractivity (Wildman–Crippen MR) is 77.3 cm³/mol. The van der Waals surface area contributed by atoms with Crippen molar-refractivity contribution < 1.29 is 9.59 Å². The third-order valence-corrected chi connectivity index (χ3v) is 3.44. The molecule has 0 aliphatic carbocycles. The molecule has 20 heavy (non-hydrogen) atoms. The number of hydrogen-bond donors (Lipinski definition) is 1. The highest BCUT2D eigenvalue weighted by molar-refractivity contribution is 5.93. The number of likely N-dealkylation sites (tertiary alicyclic amines) is 1. The Morgan fingerprint density at radius 2 is 2.15 bits per heavy atom. The van der Waals surface area contributed by atoms with E-state index in [2.05, 4.69) is 10.3 Å². The number of anilines is 1. The number of carbonyl (C=O) groups excluding carboxylic acids is 2.